The van der Waals surface area contributed by atoms with Gasteiger partial charge in [-0.15, -0.1) is 0 Å². The highest BCUT2D eigenvalue weighted by atomic mass is 15.1. The van der Waals surface area contributed by atoms with Crippen LogP contribution in [0.25, 0.3) is 0 Å². The molecule has 0 atom stereocenters. The fourth-order valence-electron chi connectivity index (χ4n) is 2.40. The smallest absolute Gasteiger partial charge is 0.109 e. The van der Waals surface area contributed by atoms with Crippen molar-refractivity contribution in [2.24, 2.45) is 0 Å². The molecular formula is C12H20N2. The first-order chi connectivity index (χ1) is 6.61. The Morgan fingerprint density at radius 3 is 2.43 bits per heavy atom. The summed E-state index contributed by atoms with van der Waals surface area (Å²) in [5, 5.41) is 0. The molecule has 1 aliphatic heterocycles. The molecule has 0 unspecified atom stereocenters. The molecule has 2 rings (SSSR count). The Hall–Kier alpha value is -0.790. The van der Waals surface area contributed by atoms with Gasteiger partial charge in [-0.1, -0.05) is 27.7 Å². The lowest BCUT2D eigenvalue weighted by molar-refractivity contribution is 0.652. The Kier molecular flexibility index (Phi) is 2.38. The molecule has 2 nitrogen and oxygen atoms in total. The molecule has 1 aromatic rings. The third-order valence-electron chi connectivity index (χ3n) is 2.99. The summed E-state index contributed by atoms with van der Waals surface area (Å²) in [5.41, 5.74) is 2.81. The topological polar surface area (TPSA) is 17.8 Å². The molecule has 0 amide bonds. The predicted molar refractivity (Wildman–Crippen MR) is 58.7 cm³/mol. The van der Waals surface area contributed by atoms with Gasteiger partial charge in [-0.25, -0.2) is 4.98 Å². The van der Waals surface area contributed by atoms with Gasteiger partial charge in [0.1, 0.15) is 5.82 Å². The maximum atomic E-state index is 4.77. The van der Waals surface area contributed by atoms with Crippen molar-refractivity contribution in [3.8, 4) is 0 Å². The summed E-state index contributed by atoms with van der Waals surface area (Å²) in [6.45, 7) is 10.2. The van der Waals surface area contributed by atoms with Gasteiger partial charge in [0.15, 0.2) is 0 Å². The Labute approximate surface area is 86.3 Å². The molecule has 0 N–H and O–H groups in total. The van der Waals surface area contributed by atoms with Crippen molar-refractivity contribution in [1.82, 2.24) is 9.55 Å². The molecule has 2 heteroatoms. The first kappa shape index (κ1) is 9.75. The van der Waals surface area contributed by atoms with Crippen molar-refractivity contribution in [3.05, 3.63) is 17.2 Å². The van der Waals surface area contributed by atoms with Gasteiger partial charge in [0, 0.05) is 18.7 Å². The predicted octanol–water partition coefficient (Wildman–Crippen LogP) is 3.08. The number of imidazole rings is 1. The van der Waals surface area contributed by atoms with Gasteiger partial charge in [-0.2, -0.15) is 0 Å². The van der Waals surface area contributed by atoms with E-state index in [-0.39, 0.29) is 0 Å². The fourth-order valence-corrected chi connectivity index (χ4v) is 2.40. The van der Waals surface area contributed by atoms with Gasteiger partial charge in [-0.05, 0) is 18.3 Å². The quantitative estimate of drug-likeness (QED) is 0.704. The summed E-state index contributed by atoms with van der Waals surface area (Å²) >= 11 is 0. The number of nitrogens with zero attached hydrogens (tertiary/aromatic N) is 2. The van der Waals surface area contributed by atoms with E-state index in [1.54, 1.807) is 0 Å². The Morgan fingerprint density at radius 2 is 1.86 bits per heavy atom. The van der Waals surface area contributed by atoms with E-state index in [0.29, 0.717) is 11.8 Å². The molecule has 0 saturated carbocycles. The Bertz CT molecular complexity index is 334. The zero-order valence-corrected chi connectivity index (χ0v) is 9.67. The van der Waals surface area contributed by atoms with Crippen LogP contribution in [0.3, 0.4) is 0 Å². The van der Waals surface area contributed by atoms with E-state index in [0.717, 1.165) is 0 Å². The number of aromatic nitrogens is 2. The van der Waals surface area contributed by atoms with Gasteiger partial charge in [0.05, 0.1) is 5.69 Å². The molecule has 0 spiro atoms. The van der Waals surface area contributed by atoms with Crippen LogP contribution in [0, 0.1) is 0 Å². The Morgan fingerprint density at radius 1 is 1.14 bits per heavy atom. The van der Waals surface area contributed by atoms with E-state index < -0.39 is 0 Å². The standard InChI is InChI=1S/C12H20N2/c1-8(2)11-12(9(3)4)14-7-5-6-10(14)13-11/h8-9H,5-7H2,1-4H3. The highest BCUT2D eigenvalue weighted by Gasteiger charge is 2.23. The summed E-state index contributed by atoms with van der Waals surface area (Å²) < 4.78 is 2.44. The SMILES string of the molecule is CC(C)c1nc2n(c1C(C)C)CCC2. The second-order valence-electron chi connectivity index (χ2n) is 4.86. The van der Waals surface area contributed by atoms with Crippen LogP contribution in [0.1, 0.15) is 63.2 Å². The van der Waals surface area contributed by atoms with Crippen molar-refractivity contribution in [2.75, 3.05) is 0 Å². The monoisotopic (exact) mass is 192 g/mol. The minimum absolute atomic E-state index is 0.561. The summed E-state index contributed by atoms with van der Waals surface area (Å²) in [7, 11) is 0. The van der Waals surface area contributed by atoms with Crippen LogP contribution >= 0.6 is 0 Å². The Balaban J connectivity index is 2.51. The highest BCUT2D eigenvalue weighted by molar-refractivity contribution is 5.25. The minimum atomic E-state index is 0.561. The number of fused-ring (bicyclic) bond motifs is 1. The van der Waals surface area contributed by atoms with Gasteiger partial charge in [-0.3, -0.25) is 0 Å². The number of rotatable bonds is 2. The highest BCUT2D eigenvalue weighted by Crippen LogP contribution is 2.30. The third-order valence-corrected chi connectivity index (χ3v) is 2.99. The number of hydrogen-bond acceptors (Lipinski definition) is 1. The van der Waals surface area contributed by atoms with Gasteiger partial charge >= 0.3 is 0 Å². The lowest BCUT2D eigenvalue weighted by atomic mass is 10.0. The van der Waals surface area contributed by atoms with Crippen LogP contribution < -0.4 is 0 Å². The van der Waals surface area contributed by atoms with Gasteiger partial charge in [0.25, 0.3) is 0 Å². The fraction of sp³-hybridized carbons (Fsp3) is 0.750. The van der Waals surface area contributed by atoms with E-state index in [9.17, 15) is 0 Å². The molecule has 0 fully saturated rings. The summed E-state index contributed by atoms with van der Waals surface area (Å²) in [6.07, 6.45) is 2.45. The van der Waals surface area contributed by atoms with Crippen LogP contribution in [-0.4, -0.2) is 9.55 Å². The average Bonchev–Trinajstić information content (AvgIpc) is 2.58. The zero-order chi connectivity index (χ0) is 10.3. The molecule has 0 aromatic carbocycles. The molecule has 78 valence electrons. The molecule has 0 saturated heterocycles. The van der Waals surface area contributed by atoms with Gasteiger partial charge < -0.3 is 4.57 Å². The van der Waals surface area contributed by atoms with E-state index in [2.05, 4.69) is 32.3 Å². The van der Waals surface area contributed by atoms with Gasteiger partial charge in [0.2, 0.25) is 0 Å². The number of aryl methyl sites for hydroxylation is 1. The van der Waals surface area contributed by atoms with E-state index in [1.807, 2.05) is 0 Å². The zero-order valence-electron chi connectivity index (χ0n) is 9.67. The molecule has 1 aromatic heterocycles. The molecule has 0 radical (unpaired) electrons. The molecule has 0 aliphatic carbocycles. The van der Waals surface area contributed by atoms with Crippen LogP contribution in [0.15, 0.2) is 0 Å². The maximum absolute atomic E-state index is 4.77. The van der Waals surface area contributed by atoms with Crippen molar-refractivity contribution in [3.63, 3.8) is 0 Å². The summed E-state index contributed by atoms with van der Waals surface area (Å²) in [5.74, 6) is 2.48. The lowest BCUT2D eigenvalue weighted by Gasteiger charge is -2.12. The normalized spacial score (nSPS) is 15.6. The van der Waals surface area contributed by atoms with Crippen molar-refractivity contribution >= 4 is 0 Å². The molecule has 1 aliphatic rings. The minimum Gasteiger partial charge on any atom is -0.331 e. The lowest BCUT2D eigenvalue weighted by Crippen LogP contribution is -2.04. The second kappa shape index (κ2) is 3.41. The number of hydrogen-bond donors (Lipinski definition) is 0. The van der Waals surface area contributed by atoms with Crippen LogP contribution in [0.4, 0.5) is 0 Å². The molecule has 0 bridgehead atoms. The van der Waals surface area contributed by atoms with Crippen LogP contribution in [0.5, 0.6) is 0 Å². The molecule has 14 heavy (non-hydrogen) atoms. The summed E-state index contributed by atoms with van der Waals surface area (Å²) in [6, 6.07) is 0. The molecular weight excluding hydrogens is 172 g/mol. The van der Waals surface area contributed by atoms with E-state index in [4.69, 9.17) is 4.98 Å². The first-order valence-corrected chi connectivity index (χ1v) is 5.70. The van der Waals surface area contributed by atoms with E-state index in [1.165, 1.54) is 36.6 Å². The maximum Gasteiger partial charge on any atom is 0.109 e. The largest absolute Gasteiger partial charge is 0.331 e. The van der Waals surface area contributed by atoms with Crippen LogP contribution in [0.2, 0.25) is 0 Å². The summed E-state index contributed by atoms with van der Waals surface area (Å²) in [4.78, 5) is 4.77. The second-order valence-corrected chi connectivity index (χ2v) is 4.86. The van der Waals surface area contributed by atoms with E-state index >= 15 is 0 Å². The third kappa shape index (κ3) is 1.37. The van der Waals surface area contributed by atoms with Crippen molar-refractivity contribution in [1.29, 1.82) is 0 Å². The molecule has 2 heterocycles. The first-order valence-electron chi connectivity index (χ1n) is 5.70. The van der Waals surface area contributed by atoms with Crippen molar-refractivity contribution < 1.29 is 0 Å². The van der Waals surface area contributed by atoms with Crippen LogP contribution in [-0.2, 0) is 13.0 Å². The van der Waals surface area contributed by atoms with Crippen molar-refractivity contribution in [2.45, 2.75) is 58.9 Å². The average molecular weight is 192 g/mol.